The molecule has 0 aromatic carbocycles. The number of phosphoric ester groups is 1. The fourth-order valence-electron chi connectivity index (χ4n) is 0.823. The Balaban J connectivity index is 4.83. The number of halogens is 1. The molecule has 4 atom stereocenters. The summed E-state index contributed by atoms with van der Waals surface area (Å²) in [5.41, 5.74) is 0. The van der Waals surface area contributed by atoms with Crippen molar-refractivity contribution in [3.63, 3.8) is 0 Å². The largest absolute Gasteiger partial charge is 0.490 e. The maximum Gasteiger partial charge on any atom is 0.490 e. The molecule has 12 nitrogen and oxygen atoms in total. The molecule has 0 aliphatic heterocycles. The Bertz CT molecular complexity index is 487. The van der Waals surface area contributed by atoms with Crippen LogP contribution in [0.2, 0.25) is 0 Å². The zero-order valence-electron chi connectivity index (χ0n) is 10.6. The second-order valence-electron chi connectivity index (χ2n) is 3.53. The van der Waals surface area contributed by atoms with Gasteiger partial charge in [-0.15, -0.1) is 0 Å². The van der Waals surface area contributed by atoms with E-state index in [1.54, 1.807) is 0 Å². The molecule has 128 valence electrons. The molecule has 16 heteroatoms. The number of aliphatic hydroxyl groups is 1. The zero-order chi connectivity index (χ0) is 17.1. The van der Waals surface area contributed by atoms with E-state index >= 15 is 0 Å². The van der Waals surface area contributed by atoms with Gasteiger partial charge in [0.2, 0.25) is 0 Å². The van der Waals surface area contributed by atoms with E-state index in [0.29, 0.717) is 0 Å². The van der Waals surface area contributed by atoms with Crippen LogP contribution in [0.5, 0.6) is 0 Å². The molecule has 0 radical (unpaired) electrons. The van der Waals surface area contributed by atoms with Crippen LogP contribution in [0.15, 0.2) is 0 Å². The van der Waals surface area contributed by atoms with Crippen molar-refractivity contribution in [1.29, 1.82) is 0 Å². The average molecular weight is 378 g/mol. The summed E-state index contributed by atoms with van der Waals surface area (Å²) in [6, 6.07) is 0. The quantitative estimate of drug-likeness (QED) is 0.339. The van der Waals surface area contributed by atoms with E-state index in [4.69, 9.17) is 24.7 Å². The van der Waals surface area contributed by atoms with Crippen LogP contribution >= 0.6 is 23.5 Å². The van der Waals surface area contributed by atoms with Crippen molar-refractivity contribution in [2.45, 2.75) is 18.9 Å². The van der Waals surface area contributed by atoms with Gasteiger partial charge in [0.05, 0.1) is 0 Å². The van der Waals surface area contributed by atoms with E-state index in [9.17, 15) is 18.1 Å². The Hall–Kier alpha value is 0.260. The average Bonchev–Trinajstić information content (AvgIpc) is 2.20. The van der Waals surface area contributed by atoms with Gasteiger partial charge in [0.1, 0.15) is 12.7 Å². The van der Waals surface area contributed by atoms with Crippen LogP contribution in [0.4, 0.5) is 4.39 Å². The zero-order valence-corrected chi connectivity index (χ0v) is 13.3. The van der Waals surface area contributed by atoms with Crippen molar-refractivity contribution in [2.75, 3.05) is 13.7 Å². The Morgan fingerprint density at radius 1 is 1.10 bits per heavy atom. The molecule has 0 aliphatic carbocycles. The molecule has 0 rings (SSSR count). The van der Waals surface area contributed by atoms with E-state index < -0.39 is 42.0 Å². The number of alkyl halides is 1. The second kappa shape index (κ2) is 7.22. The first-order valence-electron chi connectivity index (χ1n) is 4.83. The van der Waals surface area contributed by atoms with E-state index in [0.717, 1.165) is 14.0 Å². The lowest BCUT2D eigenvalue weighted by Crippen LogP contribution is -2.42. The van der Waals surface area contributed by atoms with Crippen LogP contribution in [-0.4, -0.2) is 50.4 Å². The van der Waals surface area contributed by atoms with Crippen LogP contribution in [-0.2, 0) is 31.6 Å². The first-order valence-corrected chi connectivity index (χ1v) is 9.35. The standard InChI is InChI=1S/C5H14FO12P3/c1-4(7)5(6,15-2)3-16-20(11,12)18-21(13,14)17-19(8,9)10/h4,7H,3H2,1-2H3,(H,11,12)(H,13,14)(H2,8,9,10)/t4-,5+/m0/s1. The minimum absolute atomic E-state index is 0.799. The number of aliphatic hydroxyl groups excluding tert-OH is 1. The summed E-state index contributed by atoms with van der Waals surface area (Å²) in [7, 11) is -15.9. The molecule has 0 spiro atoms. The summed E-state index contributed by atoms with van der Waals surface area (Å²) in [6.07, 6.45) is -1.81. The fourth-order valence-corrected chi connectivity index (χ4v) is 3.86. The highest BCUT2D eigenvalue weighted by Gasteiger charge is 2.44. The van der Waals surface area contributed by atoms with Gasteiger partial charge in [-0.2, -0.15) is 8.62 Å². The summed E-state index contributed by atoms with van der Waals surface area (Å²) in [5, 5.41) is 9.03. The highest BCUT2D eigenvalue weighted by atomic mass is 31.3. The predicted octanol–water partition coefficient (Wildman–Crippen LogP) is 0.0227. The molecule has 2 unspecified atom stereocenters. The van der Waals surface area contributed by atoms with Crippen LogP contribution in [0.3, 0.4) is 0 Å². The summed E-state index contributed by atoms with van der Waals surface area (Å²) >= 11 is 0. The smallest absolute Gasteiger partial charge is 0.387 e. The van der Waals surface area contributed by atoms with Crippen LogP contribution in [0, 0.1) is 0 Å². The van der Waals surface area contributed by atoms with Crippen LogP contribution in [0.25, 0.3) is 0 Å². The van der Waals surface area contributed by atoms with Crippen molar-refractivity contribution in [2.24, 2.45) is 0 Å². The minimum atomic E-state index is -5.68. The van der Waals surface area contributed by atoms with Gasteiger partial charge in [-0.25, -0.2) is 18.1 Å². The third-order valence-corrected chi connectivity index (χ3v) is 5.59. The van der Waals surface area contributed by atoms with Crippen molar-refractivity contribution in [3.8, 4) is 0 Å². The molecule has 0 bridgehead atoms. The van der Waals surface area contributed by atoms with Gasteiger partial charge in [-0.3, -0.25) is 4.52 Å². The van der Waals surface area contributed by atoms with Gasteiger partial charge < -0.3 is 29.4 Å². The van der Waals surface area contributed by atoms with E-state index in [2.05, 4.69) is 17.9 Å². The molecule has 0 amide bonds. The van der Waals surface area contributed by atoms with Crippen molar-refractivity contribution in [3.05, 3.63) is 0 Å². The first kappa shape index (κ1) is 21.3. The maximum absolute atomic E-state index is 13.7. The Morgan fingerprint density at radius 3 is 1.90 bits per heavy atom. The Kier molecular flexibility index (Phi) is 7.31. The van der Waals surface area contributed by atoms with Crippen LogP contribution in [0.1, 0.15) is 6.92 Å². The maximum atomic E-state index is 13.7. The Labute approximate surface area is 117 Å². The monoisotopic (exact) mass is 378 g/mol. The number of ether oxygens (including phenoxy) is 1. The van der Waals surface area contributed by atoms with Gasteiger partial charge in [0, 0.05) is 7.11 Å². The third-order valence-electron chi connectivity index (χ3n) is 1.80. The predicted molar refractivity (Wildman–Crippen MR) is 62.3 cm³/mol. The van der Waals surface area contributed by atoms with Crippen LogP contribution < -0.4 is 0 Å². The lowest BCUT2D eigenvalue weighted by atomic mass is 10.2. The second-order valence-corrected chi connectivity index (χ2v) is 7.95. The van der Waals surface area contributed by atoms with Crippen molar-refractivity contribution < 1.29 is 60.6 Å². The van der Waals surface area contributed by atoms with Gasteiger partial charge in [-0.05, 0) is 6.92 Å². The SMILES string of the molecule is CO[C@](F)(COP(=O)(O)OP(=O)(O)OP(=O)(O)O)[C@H](C)O. The summed E-state index contributed by atoms with van der Waals surface area (Å²) < 4.78 is 61.2. The third kappa shape index (κ3) is 8.46. The molecule has 0 aromatic heterocycles. The molecule has 0 saturated carbocycles. The van der Waals surface area contributed by atoms with Gasteiger partial charge in [0.15, 0.2) is 0 Å². The fraction of sp³-hybridized carbons (Fsp3) is 1.00. The molecular weight excluding hydrogens is 364 g/mol. The highest BCUT2D eigenvalue weighted by molar-refractivity contribution is 7.66. The molecule has 21 heavy (non-hydrogen) atoms. The summed E-state index contributed by atoms with van der Waals surface area (Å²) in [4.78, 5) is 34.4. The molecule has 0 heterocycles. The number of rotatable bonds is 9. The van der Waals surface area contributed by atoms with Gasteiger partial charge in [-0.1, -0.05) is 0 Å². The number of hydrogen-bond donors (Lipinski definition) is 5. The normalized spacial score (nSPS) is 22.9. The van der Waals surface area contributed by atoms with E-state index in [1.165, 1.54) is 0 Å². The first-order chi connectivity index (χ1) is 9.13. The van der Waals surface area contributed by atoms with E-state index in [1.807, 2.05) is 0 Å². The molecule has 0 aromatic rings. The summed E-state index contributed by atoms with van der Waals surface area (Å²) in [6.45, 7) is -0.477. The molecule has 0 fully saturated rings. The highest BCUT2D eigenvalue weighted by Crippen LogP contribution is 2.66. The summed E-state index contributed by atoms with van der Waals surface area (Å²) in [5.74, 6) is -2.94. The minimum Gasteiger partial charge on any atom is -0.387 e. The number of phosphoric acid groups is 3. The topological polar surface area (TPSA) is 189 Å². The van der Waals surface area contributed by atoms with E-state index in [-0.39, 0.29) is 0 Å². The lowest BCUT2D eigenvalue weighted by molar-refractivity contribution is -0.203. The number of hydrogen-bond acceptors (Lipinski definition) is 8. The van der Waals surface area contributed by atoms with Crippen molar-refractivity contribution >= 4 is 23.5 Å². The Morgan fingerprint density at radius 2 is 1.57 bits per heavy atom. The molecule has 0 saturated heterocycles. The van der Waals surface area contributed by atoms with Gasteiger partial charge in [0.25, 0.3) is 5.85 Å². The number of methoxy groups -OCH3 is 1. The molecule has 0 aliphatic rings. The van der Waals surface area contributed by atoms with Crippen molar-refractivity contribution in [1.82, 2.24) is 0 Å². The molecule has 5 N–H and O–H groups in total. The van der Waals surface area contributed by atoms with Gasteiger partial charge >= 0.3 is 23.5 Å². The lowest BCUT2D eigenvalue weighted by Gasteiger charge is -2.27. The molecular formula is C5H14FO12P3.